The second-order valence-electron chi connectivity index (χ2n) is 17.4. The third-order valence-corrected chi connectivity index (χ3v) is 10.7. The zero-order valence-electron chi connectivity index (χ0n) is 39.4. The summed E-state index contributed by atoms with van der Waals surface area (Å²) >= 11 is 0. The van der Waals surface area contributed by atoms with Crippen LogP contribution in [-0.2, 0) is 28.6 Å². The minimum Gasteiger partial charge on any atom is -0.477 e. The van der Waals surface area contributed by atoms with E-state index in [0.29, 0.717) is 19.3 Å². The lowest BCUT2D eigenvalue weighted by atomic mass is 10.0. The van der Waals surface area contributed by atoms with Crippen LogP contribution in [0.4, 0.5) is 0 Å². The number of ether oxygens (including phenoxy) is 3. The SMILES string of the molecule is CCCCC/C=C/C/C=C/C/C=C/C/C=C/C/C=C/CCCCC(=O)OC(COCCC(C(=O)O)[N+](C)(C)C)COC(=O)CCCCCCCCCCCCCCCCC. The van der Waals surface area contributed by atoms with Gasteiger partial charge in [-0.15, -0.1) is 0 Å². The fourth-order valence-corrected chi connectivity index (χ4v) is 6.88. The second-order valence-corrected chi connectivity index (χ2v) is 17.4. The molecule has 0 aromatic rings. The number of carboxylic acids is 1. The number of aliphatic carboxylic acids is 1. The Morgan fingerprint density at radius 1 is 0.500 bits per heavy atom. The average molecular weight is 843 g/mol. The maximum absolute atomic E-state index is 12.8. The normalized spacial score (nSPS) is 13.4. The number of rotatable bonds is 43. The van der Waals surface area contributed by atoms with Crippen LogP contribution >= 0.6 is 0 Å². The van der Waals surface area contributed by atoms with Crippen LogP contribution in [0.3, 0.4) is 0 Å². The van der Waals surface area contributed by atoms with Crippen LogP contribution in [0.5, 0.6) is 0 Å². The number of carbonyl (C=O) groups is 3. The number of hydrogen-bond acceptors (Lipinski definition) is 6. The Labute approximate surface area is 368 Å². The van der Waals surface area contributed by atoms with Crippen LogP contribution in [0.25, 0.3) is 0 Å². The lowest BCUT2D eigenvalue weighted by Gasteiger charge is -2.31. The Kier molecular flexibility index (Phi) is 40.6. The molecule has 2 atom stereocenters. The van der Waals surface area contributed by atoms with Crippen molar-refractivity contribution in [2.75, 3.05) is 41.0 Å². The molecular formula is C52H92NO7+. The van der Waals surface area contributed by atoms with Crippen LogP contribution in [0, 0.1) is 0 Å². The van der Waals surface area contributed by atoms with Gasteiger partial charge in [0.1, 0.15) is 6.61 Å². The van der Waals surface area contributed by atoms with Crippen molar-refractivity contribution in [2.24, 2.45) is 0 Å². The van der Waals surface area contributed by atoms with Gasteiger partial charge >= 0.3 is 17.9 Å². The van der Waals surface area contributed by atoms with E-state index in [9.17, 15) is 19.5 Å². The molecule has 0 radical (unpaired) electrons. The first-order valence-corrected chi connectivity index (χ1v) is 24.3. The first kappa shape index (κ1) is 57.0. The van der Waals surface area contributed by atoms with Crippen molar-refractivity contribution < 1.29 is 38.2 Å². The number of carboxylic acid groups (broad SMARTS) is 1. The highest BCUT2D eigenvalue weighted by molar-refractivity contribution is 5.72. The molecule has 0 aliphatic rings. The Balaban J connectivity index is 4.38. The first-order chi connectivity index (χ1) is 29.1. The number of unbranched alkanes of at least 4 members (excludes halogenated alkanes) is 19. The molecule has 0 aliphatic heterocycles. The largest absolute Gasteiger partial charge is 0.477 e. The van der Waals surface area contributed by atoms with Gasteiger partial charge in [-0.2, -0.15) is 0 Å². The van der Waals surface area contributed by atoms with Crippen molar-refractivity contribution in [1.82, 2.24) is 0 Å². The number of esters is 2. The molecule has 0 amide bonds. The van der Waals surface area contributed by atoms with E-state index in [2.05, 4.69) is 74.6 Å². The van der Waals surface area contributed by atoms with Gasteiger partial charge < -0.3 is 23.8 Å². The predicted molar refractivity (Wildman–Crippen MR) is 252 cm³/mol. The van der Waals surface area contributed by atoms with Crippen molar-refractivity contribution in [3.8, 4) is 0 Å². The molecule has 0 bridgehead atoms. The van der Waals surface area contributed by atoms with Crippen LogP contribution < -0.4 is 0 Å². The van der Waals surface area contributed by atoms with Gasteiger partial charge in [0.05, 0.1) is 34.4 Å². The molecule has 2 unspecified atom stereocenters. The smallest absolute Gasteiger partial charge is 0.362 e. The summed E-state index contributed by atoms with van der Waals surface area (Å²) in [4.78, 5) is 37.1. The van der Waals surface area contributed by atoms with Gasteiger partial charge in [-0.1, -0.05) is 177 Å². The monoisotopic (exact) mass is 843 g/mol. The number of likely N-dealkylation sites (N-methyl/N-ethyl adjacent to an activating group) is 1. The Morgan fingerprint density at radius 2 is 0.883 bits per heavy atom. The quantitative estimate of drug-likeness (QED) is 0.0282. The molecule has 0 saturated carbocycles. The van der Waals surface area contributed by atoms with E-state index in [0.717, 1.165) is 57.8 Å². The minimum absolute atomic E-state index is 0.0433. The van der Waals surface area contributed by atoms with Gasteiger partial charge in [-0.05, 0) is 64.2 Å². The number of carbonyl (C=O) groups excluding carboxylic acids is 2. The van der Waals surface area contributed by atoms with E-state index in [4.69, 9.17) is 14.2 Å². The molecule has 0 aromatic carbocycles. The summed E-state index contributed by atoms with van der Waals surface area (Å²) in [5.74, 6) is -1.52. The number of quaternary nitrogens is 1. The lowest BCUT2D eigenvalue weighted by Crippen LogP contribution is -2.50. The molecule has 0 aromatic heterocycles. The molecule has 0 heterocycles. The Bertz CT molecular complexity index is 1170. The van der Waals surface area contributed by atoms with Crippen molar-refractivity contribution in [3.63, 3.8) is 0 Å². The summed E-state index contributed by atoms with van der Waals surface area (Å²) in [6.07, 6.45) is 52.6. The topological polar surface area (TPSA) is 99.1 Å². The zero-order valence-corrected chi connectivity index (χ0v) is 39.4. The molecule has 8 nitrogen and oxygen atoms in total. The summed E-state index contributed by atoms with van der Waals surface area (Å²) in [5, 5.41) is 9.64. The molecule has 346 valence electrons. The van der Waals surface area contributed by atoms with Gasteiger partial charge in [0, 0.05) is 19.3 Å². The third kappa shape index (κ3) is 40.4. The minimum atomic E-state index is -0.882. The average Bonchev–Trinajstić information content (AvgIpc) is 3.21. The first-order valence-electron chi connectivity index (χ1n) is 24.3. The number of hydrogen-bond donors (Lipinski definition) is 1. The van der Waals surface area contributed by atoms with Gasteiger partial charge in [-0.3, -0.25) is 9.59 Å². The van der Waals surface area contributed by atoms with Gasteiger partial charge in [-0.25, -0.2) is 4.79 Å². The highest BCUT2D eigenvalue weighted by Gasteiger charge is 2.31. The zero-order chi connectivity index (χ0) is 44.2. The molecule has 0 saturated heterocycles. The summed E-state index contributed by atoms with van der Waals surface area (Å²) in [6.45, 7) is 4.67. The van der Waals surface area contributed by atoms with E-state index in [1.165, 1.54) is 103 Å². The van der Waals surface area contributed by atoms with Crippen LogP contribution in [0.15, 0.2) is 60.8 Å². The van der Waals surface area contributed by atoms with E-state index >= 15 is 0 Å². The highest BCUT2D eigenvalue weighted by atomic mass is 16.6. The summed E-state index contributed by atoms with van der Waals surface area (Å²) in [6, 6.07) is -0.624. The number of nitrogens with zero attached hydrogens (tertiary/aromatic N) is 1. The molecule has 60 heavy (non-hydrogen) atoms. The molecule has 8 heteroatoms. The lowest BCUT2D eigenvalue weighted by molar-refractivity contribution is -0.887. The van der Waals surface area contributed by atoms with Crippen LogP contribution in [0.2, 0.25) is 0 Å². The van der Waals surface area contributed by atoms with Gasteiger partial charge in [0.15, 0.2) is 12.1 Å². The Hall–Kier alpha value is -2.97. The summed E-state index contributed by atoms with van der Waals surface area (Å²) in [5.41, 5.74) is 0. The van der Waals surface area contributed by atoms with E-state index < -0.39 is 18.1 Å². The van der Waals surface area contributed by atoms with Crippen molar-refractivity contribution in [3.05, 3.63) is 60.8 Å². The molecule has 0 aliphatic carbocycles. The van der Waals surface area contributed by atoms with Crippen LogP contribution in [-0.4, -0.2) is 80.6 Å². The van der Waals surface area contributed by atoms with E-state index in [1.54, 1.807) is 0 Å². The standard InChI is InChI=1S/C52H91NO7/c1-6-8-10-12-14-16-18-20-22-23-24-25-26-27-29-31-33-35-37-39-41-43-51(55)60-48(46-58-45-44-49(52(56)57)53(3,4)5)47-59-50(54)42-40-38-36-34-32-30-28-21-19-17-15-13-11-9-7-2/h14,16,20,22,24-25,27,29,33,35,48-49H,6-13,15,17-19,21,23,26,28,30-32,34,36-47H2,1-5H3/p+1/b16-14+,22-20+,25-24+,29-27+,35-33+. The highest BCUT2D eigenvalue weighted by Crippen LogP contribution is 2.15. The summed E-state index contributed by atoms with van der Waals surface area (Å²) in [7, 11) is 5.51. The maximum atomic E-state index is 12.8. The number of allylic oxidation sites excluding steroid dienone is 10. The van der Waals surface area contributed by atoms with Gasteiger partial charge in [0.25, 0.3) is 0 Å². The molecule has 0 rings (SSSR count). The van der Waals surface area contributed by atoms with Crippen molar-refractivity contribution >= 4 is 17.9 Å². The fraction of sp³-hybridized carbons (Fsp3) is 0.750. The summed E-state index contributed by atoms with van der Waals surface area (Å²) < 4.78 is 17.3. The molecule has 1 N–H and O–H groups in total. The maximum Gasteiger partial charge on any atom is 0.362 e. The fourth-order valence-electron chi connectivity index (χ4n) is 6.88. The van der Waals surface area contributed by atoms with Gasteiger partial charge in [0.2, 0.25) is 0 Å². The predicted octanol–water partition coefficient (Wildman–Crippen LogP) is 13.8. The van der Waals surface area contributed by atoms with Crippen molar-refractivity contribution in [1.29, 1.82) is 0 Å². The molecule has 0 spiro atoms. The third-order valence-electron chi connectivity index (χ3n) is 10.7. The van der Waals surface area contributed by atoms with E-state index in [-0.39, 0.29) is 42.7 Å². The second kappa shape index (κ2) is 42.7. The van der Waals surface area contributed by atoms with E-state index in [1.807, 2.05) is 21.1 Å². The Morgan fingerprint density at radius 3 is 1.33 bits per heavy atom. The molecule has 0 fully saturated rings. The van der Waals surface area contributed by atoms with Crippen LogP contribution in [0.1, 0.15) is 200 Å². The van der Waals surface area contributed by atoms with Crippen molar-refractivity contribution in [2.45, 2.75) is 212 Å². The molecular weight excluding hydrogens is 751 g/mol.